The van der Waals surface area contributed by atoms with Crippen molar-refractivity contribution in [3.8, 4) is 0 Å². The maximum atomic E-state index is 13.5. The smallest absolute Gasteiger partial charge is 0.243 e. The van der Waals surface area contributed by atoms with Crippen molar-refractivity contribution in [3.05, 3.63) is 107 Å². The van der Waals surface area contributed by atoms with Gasteiger partial charge in [0.2, 0.25) is 11.8 Å². The molecule has 0 saturated carbocycles. The molecule has 0 bridgehead atoms. The van der Waals surface area contributed by atoms with E-state index in [9.17, 15) is 9.59 Å². The molecule has 34 heavy (non-hydrogen) atoms. The second-order valence-electron chi connectivity index (χ2n) is 8.60. The molecule has 0 aromatic heterocycles. The molecule has 3 rings (SSSR count). The summed E-state index contributed by atoms with van der Waals surface area (Å²) in [5.74, 6) is 0.947. The molecule has 1 N–H and O–H groups in total. The quantitative estimate of drug-likeness (QED) is 0.410. The molecule has 1 atom stereocenters. The van der Waals surface area contributed by atoms with Gasteiger partial charge in [0.15, 0.2) is 0 Å². The van der Waals surface area contributed by atoms with E-state index in [1.165, 1.54) is 16.7 Å². The largest absolute Gasteiger partial charge is 0.355 e. The van der Waals surface area contributed by atoms with Gasteiger partial charge < -0.3 is 10.2 Å². The molecule has 0 radical (unpaired) electrons. The summed E-state index contributed by atoms with van der Waals surface area (Å²) in [5, 5.41) is 2.94. The number of carbonyl (C=O) groups is 2. The zero-order valence-corrected chi connectivity index (χ0v) is 21.1. The zero-order chi connectivity index (χ0) is 24.3. The normalized spacial score (nSPS) is 11.6. The standard InChI is InChI=1S/C29H34N2O2S/c1-4-30-29(33)27(18-24-11-7-5-8-12-24)31(19-25-13-9-6-10-14-25)28(32)21-34-20-26-16-22(2)15-23(3)17-26/h5-17,27H,4,18-21H2,1-3H3,(H,30,33)/t27-/m0/s1. The van der Waals surface area contributed by atoms with Crippen molar-refractivity contribution in [2.45, 2.75) is 45.5 Å². The summed E-state index contributed by atoms with van der Waals surface area (Å²) in [5.41, 5.74) is 5.72. The Morgan fingerprint density at radius 3 is 2.03 bits per heavy atom. The molecule has 0 heterocycles. The average molecular weight is 475 g/mol. The van der Waals surface area contributed by atoms with Crippen LogP contribution in [0.1, 0.15) is 34.7 Å². The molecule has 0 saturated heterocycles. The van der Waals surface area contributed by atoms with Crippen molar-refractivity contribution >= 4 is 23.6 Å². The number of benzene rings is 3. The van der Waals surface area contributed by atoms with Crippen LogP contribution in [0.4, 0.5) is 0 Å². The summed E-state index contributed by atoms with van der Waals surface area (Å²) in [6.07, 6.45) is 0.479. The molecule has 0 unspecified atom stereocenters. The fourth-order valence-electron chi connectivity index (χ4n) is 4.12. The Kier molecular flexibility index (Phi) is 9.77. The van der Waals surface area contributed by atoms with Crippen LogP contribution in [0.15, 0.2) is 78.9 Å². The number of nitrogens with one attached hydrogen (secondary N) is 1. The molecule has 2 amide bonds. The summed E-state index contributed by atoms with van der Waals surface area (Å²) in [6, 6.07) is 25.7. The highest BCUT2D eigenvalue weighted by Gasteiger charge is 2.30. The first-order valence-corrected chi connectivity index (χ1v) is 12.9. The molecule has 4 nitrogen and oxygen atoms in total. The lowest BCUT2D eigenvalue weighted by Gasteiger charge is -2.31. The van der Waals surface area contributed by atoms with Crippen LogP contribution in [0.3, 0.4) is 0 Å². The molecule has 3 aromatic carbocycles. The van der Waals surface area contributed by atoms with Crippen LogP contribution >= 0.6 is 11.8 Å². The van der Waals surface area contributed by atoms with E-state index in [-0.39, 0.29) is 11.8 Å². The number of likely N-dealkylation sites (N-methyl/N-ethyl adjacent to an activating group) is 1. The molecule has 178 valence electrons. The SMILES string of the molecule is CCNC(=O)[C@H](Cc1ccccc1)N(Cc1ccccc1)C(=O)CSCc1cc(C)cc(C)c1. The molecule has 5 heteroatoms. The molecule has 0 fully saturated rings. The van der Waals surface area contributed by atoms with E-state index in [0.29, 0.717) is 25.3 Å². The zero-order valence-electron chi connectivity index (χ0n) is 20.3. The number of thioether (sulfide) groups is 1. The van der Waals surface area contributed by atoms with Crippen molar-refractivity contribution in [1.82, 2.24) is 10.2 Å². The molecule has 0 aliphatic heterocycles. The van der Waals surface area contributed by atoms with Gasteiger partial charge in [-0.25, -0.2) is 0 Å². The van der Waals surface area contributed by atoms with Crippen LogP contribution in [-0.2, 0) is 28.3 Å². The summed E-state index contributed by atoms with van der Waals surface area (Å²) < 4.78 is 0. The fourth-order valence-corrected chi connectivity index (χ4v) is 4.96. The van der Waals surface area contributed by atoms with Crippen molar-refractivity contribution in [3.63, 3.8) is 0 Å². The minimum absolute atomic E-state index is 0.0228. The Balaban J connectivity index is 1.80. The third-order valence-electron chi connectivity index (χ3n) is 5.59. The van der Waals surface area contributed by atoms with Gasteiger partial charge in [-0.05, 0) is 37.5 Å². The Morgan fingerprint density at radius 1 is 0.853 bits per heavy atom. The molecule has 0 spiro atoms. The number of rotatable bonds is 11. The fraction of sp³-hybridized carbons (Fsp3) is 0.310. The van der Waals surface area contributed by atoms with Crippen LogP contribution < -0.4 is 5.32 Å². The van der Waals surface area contributed by atoms with Gasteiger partial charge in [0.25, 0.3) is 0 Å². The topological polar surface area (TPSA) is 49.4 Å². The number of amides is 2. The van der Waals surface area contributed by atoms with Gasteiger partial charge in [0, 0.05) is 25.3 Å². The molecular weight excluding hydrogens is 440 g/mol. The van der Waals surface area contributed by atoms with Crippen molar-refractivity contribution in [2.75, 3.05) is 12.3 Å². The number of carbonyl (C=O) groups excluding carboxylic acids is 2. The van der Waals surface area contributed by atoms with Gasteiger partial charge in [-0.1, -0.05) is 90.0 Å². The van der Waals surface area contributed by atoms with Gasteiger partial charge in [0.05, 0.1) is 5.75 Å². The van der Waals surface area contributed by atoms with E-state index in [2.05, 4.69) is 37.4 Å². The second-order valence-corrected chi connectivity index (χ2v) is 9.58. The summed E-state index contributed by atoms with van der Waals surface area (Å²) >= 11 is 1.60. The molecular formula is C29H34N2O2S. The van der Waals surface area contributed by atoms with Gasteiger partial charge in [-0.2, -0.15) is 0 Å². The van der Waals surface area contributed by atoms with Crippen LogP contribution in [0.2, 0.25) is 0 Å². The lowest BCUT2D eigenvalue weighted by molar-refractivity contribution is -0.139. The van der Waals surface area contributed by atoms with Crippen LogP contribution in [0.25, 0.3) is 0 Å². The van der Waals surface area contributed by atoms with Gasteiger partial charge in [-0.3, -0.25) is 9.59 Å². The predicted octanol–water partition coefficient (Wildman–Crippen LogP) is 5.31. The number of nitrogens with zero attached hydrogens (tertiary/aromatic N) is 1. The highest BCUT2D eigenvalue weighted by atomic mass is 32.2. The Morgan fingerprint density at radius 2 is 1.44 bits per heavy atom. The Bertz CT molecular complexity index is 1050. The Hall–Kier alpha value is -3.05. The lowest BCUT2D eigenvalue weighted by Crippen LogP contribution is -2.51. The van der Waals surface area contributed by atoms with Crippen molar-refractivity contribution < 1.29 is 9.59 Å². The van der Waals surface area contributed by atoms with Crippen LogP contribution in [0, 0.1) is 13.8 Å². The first-order chi connectivity index (χ1) is 16.5. The maximum Gasteiger partial charge on any atom is 0.243 e. The van der Waals surface area contributed by atoms with Gasteiger partial charge in [-0.15, -0.1) is 11.8 Å². The third-order valence-corrected chi connectivity index (χ3v) is 6.58. The van der Waals surface area contributed by atoms with Crippen molar-refractivity contribution in [2.24, 2.45) is 0 Å². The second kappa shape index (κ2) is 13.0. The highest BCUT2D eigenvalue weighted by Crippen LogP contribution is 2.19. The van der Waals surface area contributed by atoms with Gasteiger partial charge in [0.1, 0.15) is 6.04 Å². The van der Waals surface area contributed by atoms with E-state index in [1.807, 2.05) is 67.6 Å². The maximum absolute atomic E-state index is 13.5. The summed E-state index contributed by atoms with van der Waals surface area (Å²) in [7, 11) is 0. The first kappa shape index (κ1) is 25.6. The van der Waals surface area contributed by atoms with E-state index >= 15 is 0 Å². The number of aryl methyl sites for hydroxylation is 2. The predicted molar refractivity (Wildman–Crippen MR) is 142 cm³/mol. The third kappa shape index (κ3) is 7.77. The Labute approximate surface area is 207 Å². The average Bonchev–Trinajstić information content (AvgIpc) is 2.82. The lowest BCUT2D eigenvalue weighted by atomic mass is 10.0. The minimum atomic E-state index is -0.572. The molecule has 3 aromatic rings. The van der Waals surface area contributed by atoms with E-state index in [0.717, 1.165) is 16.9 Å². The van der Waals surface area contributed by atoms with E-state index < -0.39 is 6.04 Å². The highest BCUT2D eigenvalue weighted by molar-refractivity contribution is 7.99. The first-order valence-electron chi connectivity index (χ1n) is 11.8. The minimum Gasteiger partial charge on any atom is -0.355 e. The number of hydrogen-bond acceptors (Lipinski definition) is 3. The molecule has 0 aliphatic rings. The van der Waals surface area contributed by atoms with Gasteiger partial charge >= 0.3 is 0 Å². The van der Waals surface area contributed by atoms with Crippen LogP contribution in [0.5, 0.6) is 0 Å². The molecule has 0 aliphatic carbocycles. The number of hydrogen-bond donors (Lipinski definition) is 1. The van der Waals surface area contributed by atoms with E-state index in [4.69, 9.17) is 0 Å². The van der Waals surface area contributed by atoms with E-state index in [1.54, 1.807) is 16.7 Å². The van der Waals surface area contributed by atoms with Crippen LogP contribution in [-0.4, -0.2) is 35.1 Å². The van der Waals surface area contributed by atoms with Crippen molar-refractivity contribution in [1.29, 1.82) is 0 Å². The monoisotopic (exact) mass is 474 g/mol. The summed E-state index contributed by atoms with van der Waals surface area (Å²) in [6.45, 7) is 7.01. The summed E-state index contributed by atoms with van der Waals surface area (Å²) in [4.78, 5) is 28.4.